The zero-order chi connectivity index (χ0) is 9.52. The van der Waals surface area contributed by atoms with Crippen LogP contribution in [0.2, 0.25) is 0 Å². The Labute approximate surface area is 76.8 Å². The van der Waals surface area contributed by atoms with Crippen LogP contribution >= 0.6 is 0 Å². The van der Waals surface area contributed by atoms with Gasteiger partial charge in [-0.15, -0.1) is 0 Å². The van der Waals surface area contributed by atoms with Crippen LogP contribution in [0.1, 0.15) is 10.4 Å². The van der Waals surface area contributed by atoms with E-state index in [0.717, 1.165) is 0 Å². The first-order valence-electron chi connectivity index (χ1n) is 3.95. The van der Waals surface area contributed by atoms with Crippen LogP contribution < -0.4 is 5.73 Å². The van der Waals surface area contributed by atoms with Gasteiger partial charge >= 0.3 is 5.97 Å². The quantitative estimate of drug-likeness (QED) is 0.559. The summed E-state index contributed by atoms with van der Waals surface area (Å²) < 4.78 is 4.77. The predicted octanol–water partition coefficient (Wildman–Crippen LogP) is 1.32. The van der Waals surface area contributed by atoms with Crippen LogP contribution in [0.5, 0.6) is 0 Å². The molecule has 0 amide bonds. The van der Waals surface area contributed by atoms with Crippen LogP contribution in [-0.2, 0) is 4.74 Å². The van der Waals surface area contributed by atoms with Gasteiger partial charge in [0.05, 0.1) is 11.8 Å². The van der Waals surface area contributed by atoms with Crippen molar-refractivity contribution in [1.29, 1.82) is 0 Å². The average molecular weight is 177 g/mol. The molecule has 0 spiro atoms. The van der Waals surface area contributed by atoms with Gasteiger partial charge in [0.2, 0.25) is 0 Å². The number of benzene rings is 1. The molecule has 3 nitrogen and oxygen atoms in total. The summed E-state index contributed by atoms with van der Waals surface area (Å²) in [5.74, 6) is -0.370. The Bertz CT molecular complexity index is 293. The largest absolute Gasteiger partial charge is 0.431 e. The molecule has 1 aromatic rings. The third-order valence-corrected chi connectivity index (χ3v) is 1.42. The van der Waals surface area contributed by atoms with E-state index < -0.39 is 0 Å². The van der Waals surface area contributed by atoms with Gasteiger partial charge in [-0.3, -0.25) is 0 Å². The molecular formula is C10H11NO2. The monoisotopic (exact) mass is 177 g/mol. The van der Waals surface area contributed by atoms with E-state index in [0.29, 0.717) is 12.1 Å². The summed E-state index contributed by atoms with van der Waals surface area (Å²) in [7, 11) is 0. The maximum Gasteiger partial charge on any atom is 0.342 e. The van der Waals surface area contributed by atoms with Crippen molar-refractivity contribution >= 4 is 5.97 Å². The van der Waals surface area contributed by atoms with Crippen molar-refractivity contribution in [1.82, 2.24) is 0 Å². The van der Waals surface area contributed by atoms with E-state index in [9.17, 15) is 4.79 Å². The molecule has 0 radical (unpaired) electrons. The molecule has 68 valence electrons. The van der Waals surface area contributed by atoms with E-state index in [1.54, 1.807) is 30.3 Å². The molecule has 0 aliphatic carbocycles. The Balaban J connectivity index is 2.54. The van der Waals surface area contributed by atoms with Crippen LogP contribution in [0.3, 0.4) is 0 Å². The maximum absolute atomic E-state index is 11.2. The number of hydrogen-bond donors (Lipinski definition) is 1. The van der Waals surface area contributed by atoms with Crippen LogP contribution in [0.4, 0.5) is 0 Å². The van der Waals surface area contributed by atoms with Gasteiger partial charge in [0, 0.05) is 6.54 Å². The minimum absolute atomic E-state index is 0.363. The van der Waals surface area contributed by atoms with E-state index >= 15 is 0 Å². The molecule has 0 heterocycles. The fourth-order valence-electron chi connectivity index (χ4n) is 0.808. The Kier molecular flexibility index (Phi) is 3.73. The molecule has 0 bridgehead atoms. The molecule has 1 aromatic carbocycles. The summed E-state index contributed by atoms with van der Waals surface area (Å²) in [4.78, 5) is 11.2. The summed E-state index contributed by atoms with van der Waals surface area (Å²) in [6.45, 7) is 0.363. The van der Waals surface area contributed by atoms with E-state index in [1.807, 2.05) is 6.07 Å². The molecule has 0 fully saturated rings. The lowest BCUT2D eigenvalue weighted by molar-refractivity contribution is 0.0662. The highest BCUT2D eigenvalue weighted by molar-refractivity contribution is 5.89. The normalized spacial score (nSPS) is 10.2. The number of carbonyl (C=O) groups is 1. The van der Waals surface area contributed by atoms with Crippen molar-refractivity contribution in [3.05, 3.63) is 48.2 Å². The number of carbonyl (C=O) groups excluding carboxylic acids is 1. The summed E-state index contributed by atoms with van der Waals surface area (Å²) in [5, 5.41) is 0. The Morgan fingerprint density at radius 2 is 2.08 bits per heavy atom. The van der Waals surface area contributed by atoms with Crippen LogP contribution in [-0.4, -0.2) is 12.5 Å². The van der Waals surface area contributed by atoms with Gasteiger partial charge in [0.25, 0.3) is 0 Å². The lowest BCUT2D eigenvalue weighted by atomic mass is 10.2. The second kappa shape index (κ2) is 5.11. The first-order valence-corrected chi connectivity index (χ1v) is 3.95. The third kappa shape index (κ3) is 3.09. The van der Waals surface area contributed by atoms with E-state index in [1.165, 1.54) is 6.26 Å². The van der Waals surface area contributed by atoms with Gasteiger partial charge in [-0.05, 0) is 18.2 Å². The molecule has 3 heteroatoms. The van der Waals surface area contributed by atoms with Gasteiger partial charge in [-0.2, -0.15) is 0 Å². The summed E-state index contributed by atoms with van der Waals surface area (Å²) in [6.07, 6.45) is 2.87. The highest BCUT2D eigenvalue weighted by Gasteiger charge is 2.02. The smallest absolute Gasteiger partial charge is 0.342 e. The van der Waals surface area contributed by atoms with Crippen molar-refractivity contribution < 1.29 is 9.53 Å². The Morgan fingerprint density at radius 3 is 2.69 bits per heavy atom. The standard InChI is InChI=1S/C10H11NO2/c11-7-4-8-13-10(12)9-5-2-1-3-6-9/h1-6,8H,7,11H2. The first-order chi connectivity index (χ1) is 6.34. The third-order valence-electron chi connectivity index (χ3n) is 1.42. The number of hydrogen-bond acceptors (Lipinski definition) is 3. The Hall–Kier alpha value is -1.61. The summed E-state index contributed by atoms with van der Waals surface area (Å²) in [6, 6.07) is 8.79. The number of esters is 1. The average Bonchev–Trinajstić information content (AvgIpc) is 2.19. The maximum atomic E-state index is 11.2. The molecule has 0 atom stereocenters. The fourth-order valence-corrected chi connectivity index (χ4v) is 0.808. The van der Waals surface area contributed by atoms with Crippen LogP contribution in [0, 0.1) is 0 Å². The van der Waals surface area contributed by atoms with E-state index in [-0.39, 0.29) is 5.97 Å². The molecular weight excluding hydrogens is 166 g/mol. The van der Waals surface area contributed by atoms with Crippen molar-refractivity contribution in [3.63, 3.8) is 0 Å². The van der Waals surface area contributed by atoms with Gasteiger partial charge in [-0.1, -0.05) is 18.2 Å². The molecule has 0 saturated heterocycles. The molecule has 13 heavy (non-hydrogen) atoms. The Morgan fingerprint density at radius 1 is 1.38 bits per heavy atom. The minimum atomic E-state index is -0.370. The number of nitrogens with two attached hydrogens (primary N) is 1. The number of rotatable bonds is 3. The SMILES string of the molecule is NCC=COC(=O)c1ccccc1. The highest BCUT2D eigenvalue weighted by Crippen LogP contribution is 2.00. The van der Waals surface area contributed by atoms with Crippen LogP contribution in [0.25, 0.3) is 0 Å². The molecule has 0 saturated carbocycles. The molecule has 0 aliphatic heterocycles. The summed E-state index contributed by atoms with van der Waals surface area (Å²) in [5.41, 5.74) is 5.71. The van der Waals surface area contributed by atoms with Crippen molar-refractivity contribution in [3.8, 4) is 0 Å². The summed E-state index contributed by atoms with van der Waals surface area (Å²) >= 11 is 0. The molecule has 0 unspecified atom stereocenters. The fraction of sp³-hybridized carbons (Fsp3) is 0.100. The topological polar surface area (TPSA) is 52.3 Å². The molecule has 0 aliphatic rings. The lowest BCUT2D eigenvalue weighted by Crippen LogP contribution is -2.00. The molecule has 1 rings (SSSR count). The van der Waals surface area contributed by atoms with Gasteiger partial charge < -0.3 is 10.5 Å². The first kappa shape index (κ1) is 9.48. The van der Waals surface area contributed by atoms with Crippen molar-refractivity contribution in [2.24, 2.45) is 5.73 Å². The second-order valence-corrected chi connectivity index (χ2v) is 2.38. The lowest BCUT2D eigenvalue weighted by Gasteiger charge is -1.97. The van der Waals surface area contributed by atoms with Gasteiger partial charge in [-0.25, -0.2) is 4.79 Å². The zero-order valence-electron chi connectivity index (χ0n) is 7.14. The van der Waals surface area contributed by atoms with Crippen LogP contribution in [0.15, 0.2) is 42.7 Å². The van der Waals surface area contributed by atoms with E-state index in [4.69, 9.17) is 10.5 Å². The number of ether oxygens (including phenoxy) is 1. The highest BCUT2D eigenvalue weighted by atomic mass is 16.5. The van der Waals surface area contributed by atoms with Crippen molar-refractivity contribution in [2.75, 3.05) is 6.54 Å². The zero-order valence-corrected chi connectivity index (χ0v) is 7.14. The van der Waals surface area contributed by atoms with Crippen molar-refractivity contribution in [2.45, 2.75) is 0 Å². The molecule has 2 N–H and O–H groups in total. The van der Waals surface area contributed by atoms with Gasteiger partial charge in [0.15, 0.2) is 0 Å². The minimum Gasteiger partial charge on any atom is -0.431 e. The molecule has 0 aromatic heterocycles. The van der Waals surface area contributed by atoms with Gasteiger partial charge in [0.1, 0.15) is 0 Å². The second-order valence-electron chi connectivity index (χ2n) is 2.38. The van der Waals surface area contributed by atoms with E-state index in [2.05, 4.69) is 0 Å². The predicted molar refractivity (Wildman–Crippen MR) is 50.1 cm³/mol.